The molecule has 1 aromatic heterocycles. The van der Waals surface area contributed by atoms with Crippen LogP contribution in [0.2, 0.25) is 0 Å². The number of amides is 1. The Kier molecular flexibility index (Phi) is 5.39. The van der Waals surface area contributed by atoms with Crippen LogP contribution in [-0.4, -0.2) is 37.7 Å². The van der Waals surface area contributed by atoms with Crippen molar-refractivity contribution in [3.63, 3.8) is 0 Å². The number of hydrogen-bond donors (Lipinski definition) is 3. The lowest BCUT2D eigenvalue weighted by molar-refractivity contribution is -0.142. The Bertz CT molecular complexity index is 1080. The van der Waals surface area contributed by atoms with Crippen LogP contribution < -0.4 is 10.9 Å². The van der Waals surface area contributed by atoms with E-state index in [2.05, 4.69) is 10.3 Å². The van der Waals surface area contributed by atoms with Crippen molar-refractivity contribution in [2.75, 3.05) is 0 Å². The largest absolute Gasteiger partial charge is 0.508 e. The number of nitrogens with one attached hydrogen (secondary N) is 1. The minimum atomic E-state index is -1.20. The average Bonchev–Trinajstić information content (AvgIpc) is 2.69. The molecule has 0 spiro atoms. The lowest BCUT2D eigenvalue weighted by Gasteiger charge is -2.19. The number of benzene rings is 2. The van der Waals surface area contributed by atoms with E-state index in [0.717, 1.165) is 0 Å². The summed E-state index contributed by atoms with van der Waals surface area (Å²) in [7, 11) is 0. The zero-order valence-corrected chi connectivity index (χ0v) is 15.1. The van der Waals surface area contributed by atoms with Crippen LogP contribution in [0.4, 0.5) is 0 Å². The molecule has 0 unspecified atom stereocenters. The molecule has 1 amide bonds. The van der Waals surface area contributed by atoms with E-state index >= 15 is 0 Å². The monoisotopic (exact) mass is 381 g/mol. The Labute approximate surface area is 160 Å². The van der Waals surface area contributed by atoms with Crippen molar-refractivity contribution in [3.8, 4) is 5.75 Å². The van der Waals surface area contributed by atoms with Gasteiger partial charge in [0.15, 0.2) is 0 Å². The molecule has 144 valence electrons. The van der Waals surface area contributed by atoms with Crippen LogP contribution >= 0.6 is 0 Å². The van der Waals surface area contributed by atoms with E-state index in [1.54, 1.807) is 36.4 Å². The van der Waals surface area contributed by atoms with Gasteiger partial charge in [0.25, 0.3) is 5.56 Å². The molecule has 0 saturated carbocycles. The Morgan fingerprint density at radius 1 is 1.14 bits per heavy atom. The molecule has 8 nitrogen and oxygen atoms in total. The average molecular weight is 381 g/mol. The SMILES string of the molecule is C[C@@H](C(=O)N[C@@H](Cc1ccc(O)cc1)C(=O)O)n1cnc2ccccc2c1=O. The summed E-state index contributed by atoms with van der Waals surface area (Å²) in [6, 6.07) is 10.7. The van der Waals surface area contributed by atoms with Crippen LogP contribution in [0.5, 0.6) is 5.75 Å². The van der Waals surface area contributed by atoms with Gasteiger partial charge >= 0.3 is 5.97 Å². The summed E-state index contributed by atoms with van der Waals surface area (Å²) in [5.41, 5.74) is 0.786. The number of aromatic nitrogens is 2. The molecule has 0 aliphatic heterocycles. The zero-order chi connectivity index (χ0) is 20.3. The topological polar surface area (TPSA) is 122 Å². The minimum Gasteiger partial charge on any atom is -0.508 e. The number of nitrogens with zero attached hydrogens (tertiary/aromatic N) is 2. The van der Waals surface area contributed by atoms with E-state index in [-0.39, 0.29) is 17.7 Å². The summed E-state index contributed by atoms with van der Waals surface area (Å²) in [6.45, 7) is 1.51. The van der Waals surface area contributed by atoms with E-state index in [4.69, 9.17) is 0 Å². The van der Waals surface area contributed by atoms with Crippen molar-refractivity contribution in [1.82, 2.24) is 14.9 Å². The first-order chi connectivity index (χ1) is 13.4. The lowest BCUT2D eigenvalue weighted by Crippen LogP contribution is -2.46. The fourth-order valence-electron chi connectivity index (χ4n) is 2.85. The van der Waals surface area contributed by atoms with Crippen LogP contribution in [-0.2, 0) is 16.0 Å². The highest BCUT2D eigenvalue weighted by atomic mass is 16.4. The number of aliphatic carboxylic acids is 1. The van der Waals surface area contributed by atoms with E-state index < -0.39 is 24.0 Å². The standard InChI is InChI=1S/C20H19N3O5/c1-12(23-11-21-16-5-3-2-4-15(16)19(23)26)18(25)22-17(20(27)28)10-13-6-8-14(24)9-7-13/h2-9,11-12,17,24H,10H2,1H3,(H,22,25)(H,27,28)/t12-,17-/m0/s1. The summed E-state index contributed by atoms with van der Waals surface area (Å²) >= 11 is 0. The first-order valence-electron chi connectivity index (χ1n) is 8.64. The fraction of sp³-hybridized carbons (Fsp3) is 0.200. The Hall–Kier alpha value is -3.68. The molecule has 0 radical (unpaired) electrons. The summed E-state index contributed by atoms with van der Waals surface area (Å²) < 4.78 is 1.18. The molecule has 0 fully saturated rings. The van der Waals surface area contributed by atoms with Gasteiger partial charge in [-0.3, -0.25) is 14.2 Å². The first kappa shape index (κ1) is 19.1. The third-order valence-electron chi connectivity index (χ3n) is 4.48. The third-order valence-corrected chi connectivity index (χ3v) is 4.48. The normalized spacial score (nSPS) is 13.0. The molecule has 3 N–H and O–H groups in total. The Balaban J connectivity index is 1.80. The van der Waals surface area contributed by atoms with Crippen LogP contribution in [0.3, 0.4) is 0 Å². The number of carbonyl (C=O) groups excluding carboxylic acids is 1. The lowest BCUT2D eigenvalue weighted by atomic mass is 10.1. The number of hydrogen-bond acceptors (Lipinski definition) is 5. The number of phenols is 1. The second kappa shape index (κ2) is 7.91. The van der Waals surface area contributed by atoms with E-state index in [9.17, 15) is 24.6 Å². The highest BCUT2D eigenvalue weighted by molar-refractivity contribution is 5.86. The quantitative estimate of drug-likeness (QED) is 0.595. The molecule has 28 heavy (non-hydrogen) atoms. The van der Waals surface area contributed by atoms with Gasteiger partial charge in [-0.1, -0.05) is 24.3 Å². The summed E-state index contributed by atoms with van der Waals surface area (Å²) in [5.74, 6) is -1.74. The predicted octanol–water partition coefficient (Wildman–Crippen LogP) is 1.48. The van der Waals surface area contributed by atoms with Crippen molar-refractivity contribution in [2.24, 2.45) is 0 Å². The van der Waals surface area contributed by atoms with Gasteiger partial charge in [-0.2, -0.15) is 0 Å². The predicted molar refractivity (Wildman–Crippen MR) is 102 cm³/mol. The summed E-state index contributed by atoms with van der Waals surface area (Å²) in [5, 5.41) is 21.6. The molecule has 0 aliphatic carbocycles. The number of para-hydroxylation sites is 1. The number of carboxylic acids is 1. The van der Waals surface area contributed by atoms with Crippen molar-refractivity contribution >= 4 is 22.8 Å². The number of carboxylic acid groups (broad SMARTS) is 1. The van der Waals surface area contributed by atoms with Gasteiger partial charge in [-0.15, -0.1) is 0 Å². The second-order valence-corrected chi connectivity index (χ2v) is 6.42. The molecule has 2 atom stereocenters. The maximum absolute atomic E-state index is 12.6. The van der Waals surface area contributed by atoms with E-state index in [0.29, 0.717) is 16.5 Å². The van der Waals surface area contributed by atoms with Crippen molar-refractivity contribution in [3.05, 3.63) is 70.8 Å². The van der Waals surface area contributed by atoms with Crippen LogP contribution in [0.25, 0.3) is 10.9 Å². The van der Waals surface area contributed by atoms with Crippen molar-refractivity contribution in [2.45, 2.75) is 25.4 Å². The molecule has 1 heterocycles. The first-order valence-corrected chi connectivity index (χ1v) is 8.64. The summed E-state index contributed by atoms with van der Waals surface area (Å²) in [4.78, 5) is 40.9. The number of aromatic hydroxyl groups is 1. The zero-order valence-electron chi connectivity index (χ0n) is 15.1. The van der Waals surface area contributed by atoms with Gasteiger partial charge in [0.2, 0.25) is 5.91 Å². The number of fused-ring (bicyclic) bond motifs is 1. The summed E-state index contributed by atoms with van der Waals surface area (Å²) in [6.07, 6.45) is 1.32. The van der Waals surface area contributed by atoms with Crippen LogP contribution in [0.1, 0.15) is 18.5 Å². The number of carbonyl (C=O) groups is 2. The maximum atomic E-state index is 12.6. The number of rotatable bonds is 6. The maximum Gasteiger partial charge on any atom is 0.326 e. The van der Waals surface area contributed by atoms with Gasteiger partial charge < -0.3 is 15.5 Å². The van der Waals surface area contributed by atoms with Gasteiger partial charge in [0, 0.05) is 6.42 Å². The van der Waals surface area contributed by atoms with Gasteiger partial charge in [0.1, 0.15) is 17.8 Å². The molecule has 2 aromatic carbocycles. The molecule has 8 heteroatoms. The minimum absolute atomic E-state index is 0.0406. The molecular weight excluding hydrogens is 362 g/mol. The van der Waals surface area contributed by atoms with Crippen LogP contribution in [0, 0.1) is 0 Å². The van der Waals surface area contributed by atoms with Crippen molar-refractivity contribution in [1.29, 1.82) is 0 Å². The van der Waals surface area contributed by atoms with E-state index in [1.807, 2.05) is 0 Å². The smallest absolute Gasteiger partial charge is 0.326 e. The number of phenolic OH excluding ortho intramolecular Hbond substituents is 1. The van der Waals surface area contributed by atoms with Gasteiger partial charge in [-0.05, 0) is 36.8 Å². The Morgan fingerprint density at radius 3 is 2.50 bits per heavy atom. The highest BCUT2D eigenvalue weighted by Crippen LogP contribution is 2.13. The molecule has 0 bridgehead atoms. The molecule has 3 aromatic rings. The van der Waals surface area contributed by atoms with Crippen molar-refractivity contribution < 1.29 is 19.8 Å². The van der Waals surface area contributed by atoms with Crippen LogP contribution in [0.15, 0.2) is 59.7 Å². The molecule has 0 aliphatic rings. The van der Waals surface area contributed by atoms with Gasteiger partial charge in [-0.25, -0.2) is 9.78 Å². The molecular formula is C20H19N3O5. The fourth-order valence-corrected chi connectivity index (χ4v) is 2.85. The third kappa shape index (κ3) is 4.01. The molecule has 0 saturated heterocycles. The Morgan fingerprint density at radius 2 is 1.82 bits per heavy atom. The highest BCUT2D eigenvalue weighted by Gasteiger charge is 2.25. The van der Waals surface area contributed by atoms with E-state index in [1.165, 1.54) is 30.0 Å². The van der Waals surface area contributed by atoms with Gasteiger partial charge in [0.05, 0.1) is 17.2 Å². The second-order valence-electron chi connectivity index (χ2n) is 6.42. The molecule has 3 rings (SSSR count).